The number of carbonyl (C=O) groups excluding carboxylic acids is 3. The van der Waals surface area contributed by atoms with Gasteiger partial charge in [0.05, 0.1) is 6.04 Å². The first kappa shape index (κ1) is 18.6. The van der Waals surface area contributed by atoms with E-state index in [1.54, 1.807) is 18.2 Å². The lowest BCUT2D eigenvalue weighted by atomic mass is 9.87. The summed E-state index contributed by atoms with van der Waals surface area (Å²) < 4.78 is 0. The van der Waals surface area contributed by atoms with Crippen molar-refractivity contribution >= 4 is 29.1 Å². The largest absolute Gasteiger partial charge is 0.345 e. The van der Waals surface area contributed by atoms with Crippen LogP contribution in [0, 0.1) is 0 Å². The van der Waals surface area contributed by atoms with Crippen molar-refractivity contribution in [3.8, 4) is 0 Å². The molecule has 2 aromatic rings. The monoisotopic (exact) mass is 365 g/mol. The van der Waals surface area contributed by atoms with Crippen molar-refractivity contribution in [2.45, 2.75) is 39.2 Å². The summed E-state index contributed by atoms with van der Waals surface area (Å²) in [6, 6.07) is 12.9. The molecule has 0 saturated carbocycles. The first-order valence-corrected chi connectivity index (χ1v) is 9.01. The minimum absolute atomic E-state index is 0.0453. The van der Waals surface area contributed by atoms with Crippen molar-refractivity contribution in [3.05, 3.63) is 59.2 Å². The predicted molar refractivity (Wildman–Crippen MR) is 105 cm³/mol. The van der Waals surface area contributed by atoms with Crippen molar-refractivity contribution in [3.63, 3.8) is 0 Å². The van der Waals surface area contributed by atoms with E-state index in [0.29, 0.717) is 16.9 Å². The van der Waals surface area contributed by atoms with Crippen molar-refractivity contribution < 1.29 is 14.4 Å². The van der Waals surface area contributed by atoms with Crippen molar-refractivity contribution in [1.82, 2.24) is 5.32 Å². The van der Waals surface area contributed by atoms with E-state index in [-0.39, 0.29) is 23.8 Å². The highest BCUT2D eigenvalue weighted by Crippen LogP contribution is 2.30. The van der Waals surface area contributed by atoms with Gasteiger partial charge in [0.15, 0.2) is 0 Å². The summed E-state index contributed by atoms with van der Waals surface area (Å²) >= 11 is 0. The summed E-state index contributed by atoms with van der Waals surface area (Å²) in [4.78, 5) is 35.6. The van der Waals surface area contributed by atoms with Crippen LogP contribution in [0.15, 0.2) is 42.5 Å². The number of anilines is 2. The van der Waals surface area contributed by atoms with Crippen molar-refractivity contribution in [1.29, 1.82) is 0 Å². The molecule has 3 N–H and O–H groups in total. The molecule has 0 saturated heterocycles. The highest BCUT2D eigenvalue weighted by molar-refractivity contribution is 6.00. The molecule has 27 heavy (non-hydrogen) atoms. The molecule has 3 amide bonds. The normalized spacial score (nSPS) is 15.4. The second-order valence-electron chi connectivity index (χ2n) is 6.78. The minimum Gasteiger partial charge on any atom is -0.345 e. The standard InChI is InChI=1S/C21H23N3O3/c1-13(25)22-17-10-16(11-18(12-17)23-14(2)26)21(27)24-20-9-5-7-15-6-3-4-8-19(15)20/h3-4,6,8,10-12,20H,5,7,9H2,1-2H3,(H,22,25)(H,23,26)(H,24,27)/t20-/m1/s1. The number of carbonyl (C=O) groups is 3. The first-order valence-electron chi connectivity index (χ1n) is 9.01. The van der Waals surface area contributed by atoms with Crippen LogP contribution < -0.4 is 16.0 Å². The Labute approximate surface area is 158 Å². The number of hydrogen-bond donors (Lipinski definition) is 3. The third kappa shape index (κ3) is 4.73. The van der Waals surface area contributed by atoms with Crippen LogP contribution in [-0.2, 0) is 16.0 Å². The van der Waals surface area contributed by atoms with Gasteiger partial charge in [-0.3, -0.25) is 14.4 Å². The van der Waals surface area contributed by atoms with Gasteiger partial charge in [0, 0.05) is 30.8 Å². The number of aryl methyl sites for hydroxylation is 1. The molecule has 0 bridgehead atoms. The zero-order valence-electron chi connectivity index (χ0n) is 15.5. The summed E-state index contributed by atoms with van der Waals surface area (Å²) in [5.74, 6) is -0.736. The first-order chi connectivity index (χ1) is 12.9. The fourth-order valence-electron chi connectivity index (χ4n) is 3.45. The molecule has 0 aromatic heterocycles. The van der Waals surface area contributed by atoms with Gasteiger partial charge in [-0.05, 0) is 48.6 Å². The predicted octanol–water partition coefficient (Wildman–Crippen LogP) is 3.41. The maximum atomic E-state index is 12.9. The molecular formula is C21H23N3O3. The third-order valence-electron chi connectivity index (χ3n) is 4.51. The van der Waals surface area contributed by atoms with E-state index in [4.69, 9.17) is 0 Å². The smallest absolute Gasteiger partial charge is 0.251 e. The van der Waals surface area contributed by atoms with Gasteiger partial charge in [0.1, 0.15) is 0 Å². The highest BCUT2D eigenvalue weighted by Gasteiger charge is 2.22. The molecule has 1 aliphatic rings. The van der Waals surface area contributed by atoms with Crippen LogP contribution in [-0.4, -0.2) is 17.7 Å². The van der Waals surface area contributed by atoms with E-state index in [9.17, 15) is 14.4 Å². The Bertz CT molecular complexity index is 858. The molecule has 0 spiro atoms. The van der Waals surface area contributed by atoms with Crippen molar-refractivity contribution in [2.24, 2.45) is 0 Å². The molecule has 0 radical (unpaired) electrons. The fraction of sp³-hybridized carbons (Fsp3) is 0.286. The minimum atomic E-state index is -0.248. The second-order valence-corrected chi connectivity index (χ2v) is 6.78. The second kappa shape index (κ2) is 8.03. The lowest BCUT2D eigenvalue weighted by Crippen LogP contribution is -2.31. The quantitative estimate of drug-likeness (QED) is 0.776. The summed E-state index contributed by atoms with van der Waals surface area (Å²) in [5.41, 5.74) is 3.72. The Morgan fingerprint density at radius 2 is 1.56 bits per heavy atom. The summed E-state index contributed by atoms with van der Waals surface area (Å²) in [6.45, 7) is 2.79. The SMILES string of the molecule is CC(=O)Nc1cc(NC(C)=O)cc(C(=O)N[C@@H]2CCCc3ccccc32)c1. The van der Waals surface area contributed by atoms with Crippen LogP contribution in [0.3, 0.4) is 0 Å². The van der Waals surface area contributed by atoms with Gasteiger partial charge in [-0.2, -0.15) is 0 Å². The molecule has 0 aliphatic heterocycles. The molecule has 1 aliphatic carbocycles. The van der Waals surface area contributed by atoms with E-state index in [1.165, 1.54) is 19.4 Å². The Kier molecular flexibility index (Phi) is 5.54. The lowest BCUT2D eigenvalue weighted by molar-refractivity contribution is -0.115. The Morgan fingerprint density at radius 1 is 0.926 bits per heavy atom. The molecule has 6 heteroatoms. The van der Waals surface area contributed by atoms with Crippen LogP contribution in [0.4, 0.5) is 11.4 Å². The Morgan fingerprint density at radius 3 is 2.19 bits per heavy atom. The van der Waals surface area contributed by atoms with Crippen LogP contribution in [0.2, 0.25) is 0 Å². The number of nitrogens with one attached hydrogen (secondary N) is 3. The van der Waals surface area contributed by atoms with Crippen LogP contribution in [0.1, 0.15) is 54.2 Å². The summed E-state index contributed by atoms with van der Waals surface area (Å²) in [7, 11) is 0. The molecule has 0 heterocycles. The van der Waals surface area contributed by atoms with Crippen molar-refractivity contribution in [2.75, 3.05) is 10.6 Å². The molecular weight excluding hydrogens is 342 g/mol. The zero-order valence-corrected chi connectivity index (χ0v) is 15.5. The molecule has 0 fully saturated rings. The number of amides is 3. The maximum Gasteiger partial charge on any atom is 0.251 e. The van der Waals surface area contributed by atoms with Crippen LogP contribution in [0.25, 0.3) is 0 Å². The molecule has 2 aromatic carbocycles. The van der Waals surface area contributed by atoms with Gasteiger partial charge in [0.25, 0.3) is 5.91 Å². The van der Waals surface area contributed by atoms with Crippen LogP contribution >= 0.6 is 0 Å². The van der Waals surface area contributed by atoms with E-state index in [1.807, 2.05) is 12.1 Å². The molecule has 0 unspecified atom stereocenters. The lowest BCUT2D eigenvalue weighted by Gasteiger charge is -2.26. The van der Waals surface area contributed by atoms with Gasteiger partial charge < -0.3 is 16.0 Å². The molecule has 140 valence electrons. The van der Waals surface area contributed by atoms with E-state index in [2.05, 4.69) is 28.1 Å². The van der Waals surface area contributed by atoms with Gasteiger partial charge >= 0.3 is 0 Å². The van der Waals surface area contributed by atoms with Gasteiger partial charge in [-0.1, -0.05) is 24.3 Å². The maximum absolute atomic E-state index is 12.9. The van der Waals surface area contributed by atoms with E-state index in [0.717, 1.165) is 24.8 Å². The van der Waals surface area contributed by atoms with Gasteiger partial charge in [0.2, 0.25) is 11.8 Å². The molecule has 6 nitrogen and oxygen atoms in total. The van der Waals surface area contributed by atoms with E-state index >= 15 is 0 Å². The summed E-state index contributed by atoms with van der Waals surface area (Å²) in [5, 5.41) is 8.41. The fourth-order valence-corrected chi connectivity index (χ4v) is 3.45. The van der Waals surface area contributed by atoms with Gasteiger partial charge in [-0.25, -0.2) is 0 Å². The Hall–Kier alpha value is -3.15. The number of fused-ring (bicyclic) bond motifs is 1. The van der Waals surface area contributed by atoms with Gasteiger partial charge in [-0.15, -0.1) is 0 Å². The topological polar surface area (TPSA) is 87.3 Å². The van der Waals surface area contributed by atoms with Crippen LogP contribution in [0.5, 0.6) is 0 Å². The average Bonchev–Trinajstić information content (AvgIpc) is 2.60. The van der Waals surface area contributed by atoms with E-state index < -0.39 is 0 Å². The highest BCUT2D eigenvalue weighted by atomic mass is 16.2. The average molecular weight is 365 g/mol. The summed E-state index contributed by atoms with van der Waals surface area (Å²) in [6.07, 6.45) is 2.92. The molecule has 1 atom stereocenters. The third-order valence-corrected chi connectivity index (χ3v) is 4.51. The number of benzene rings is 2. The Balaban J connectivity index is 1.85. The number of hydrogen-bond acceptors (Lipinski definition) is 3. The number of rotatable bonds is 4. The molecule has 3 rings (SSSR count). The zero-order chi connectivity index (χ0) is 19.4.